The lowest BCUT2D eigenvalue weighted by Gasteiger charge is -2.24. The number of nitrogens with one attached hydrogen (secondary N) is 1. The summed E-state index contributed by atoms with van der Waals surface area (Å²) in [6.45, 7) is 1.82. The lowest BCUT2D eigenvalue weighted by atomic mass is 10.2. The van der Waals surface area contributed by atoms with Gasteiger partial charge >= 0.3 is 23.7 Å². The highest BCUT2D eigenvalue weighted by molar-refractivity contribution is 8.11. The fourth-order valence-corrected chi connectivity index (χ4v) is 5.33. The largest absolute Gasteiger partial charge is 0.573 e. The molecule has 2 amide bonds. The van der Waals surface area contributed by atoms with Gasteiger partial charge in [0.2, 0.25) is 0 Å². The number of anilines is 1. The molecular formula is C22H20F6N3O4S+. The highest BCUT2D eigenvalue weighted by Gasteiger charge is 2.46. The highest BCUT2D eigenvalue weighted by atomic mass is 32.2. The molecule has 14 heteroatoms. The lowest BCUT2D eigenvalue weighted by molar-refractivity contribution is -0.275. The number of methoxy groups -OCH3 is 1. The Morgan fingerprint density at radius 3 is 2.31 bits per heavy atom. The molecule has 0 saturated carbocycles. The quantitative estimate of drug-likeness (QED) is 0.376. The van der Waals surface area contributed by atoms with Crippen LogP contribution in [-0.2, 0) is 22.2 Å². The van der Waals surface area contributed by atoms with E-state index in [0.29, 0.717) is 16.9 Å². The molecule has 0 aromatic heterocycles. The fraction of sp³-hybridized carbons (Fsp3) is 0.318. The smallest absolute Gasteiger partial charge is 0.493 e. The van der Waals surface area contributed by atoms with E-state index in [2.05, 4.69) is 9.84 Å². The topological polar surface area (TPSA) is 80.2 Å². The lowest BCUT2D eigenvalue weighted by Crippen LogP contribution is -2.42. The van der Waals surface area contributed by atoms with E-state index in [1.807, 2.05) is 6.92 Å². The molecule has 0 aliphatic carbocycles. The Hall–Kier alpha value is -3.42. The Morgan fingerprint density at radius 1 is 1.08 bits per heavy atom. The van der Waals surface area contributed by atoms with Crippen molar-refractivity contribution in [1.82, 2.24) is 5.01 Å². The number of amides is 2. The van der Waals surface area contributed by atoms with Crippen molar-refractivity contribution in [2.45, 2.75) is 42.6 Å². The van der Waals surface area contributed by atoms with E-state index >= 15 is 0 Å². The van der Waals surface area contributed by atoms with Crippen LogP contribution in [-0.4, -0.2) is 47.3 Å². The molecule has 0 spiro atoms. The van der Waals surface area contributed by atoms with E-state index in [-0.39, 0.29) is 23.2 Å². The SMILES string of the molecule is CCC1C=NN(Cc2ccc(NC(=O)C(F)(F)F)cc2)C(=O)[S+]1c1ccc(OC(F)(F)F)c(OC)c1. The molecule has 2 unspecified atom stereocenters. The fourth-order valence-electron chi connectivity index (χ4n) is 3.22. The molecule has 7 nitrogen and oxygen atoms in total. The third-order valence-corrected chi connectivity index (χ3v) is 7.30. The zero-order chi connectivity index (χ0) is 26.7. The highest BCUT2D eigenvalue weighted by Crippen LogP contribution is 2.37. The first-order chi connectivity index (χ1) is 16.8. The number of hydrogen-bond acceptors (Lipinski definition) is 5. The number of rotatable bonds is 7. The summed E-state index contributed by atoms with van der Waals surface area (Å²) < 4.78 is 84.2. The number of carbonyl (C=O) groups is 2. The number of benzene rings is 2. The van der Waals surface area contributed by atoms with Crippen LogP contribution in [0.5, 0.6) is 11.5 Å². The molecule has 1 aliphatic rings. The van der Waals surface area contributed by atoms with Gasteiger partial charge < -0.3 is 14.8 Å². The van der Waals surface area contributed by atoms with Crippen LogP contribution in [0.15, 0.2) is 52.5 Å². The number of halogens is 6. The summed E-state index contributed by atoms with van der Waals surface area (Å²) in [7, 11) is 0.0597. The minimum atomic E-state index is -5.03. The number of nitrogens with zero attached hydrogens (tertiary/aromatic N) is 2. The van der Waals surface area contributed by atoms with E-state index in [0.717, 1.165) is 6.07 Å². The number of ether oxygens (including phenoxy) is 2. The molecule has 36 heavy (non-hydrogen) atoms. The van der Waals surface area contributed by atoms with Gasteiger partial charge in [-0.1, -0.05) is 19.1 Å². The van der Waals surface area contributed by atoms with Gasteiger partial charge in [0.1, 0.15) is 10.9 Å². The van der Waals surface area contributed by atoms with Crippen LogP contribution >= 0.6 is 0 Å². The van der Waals surface area contributed by atoms with Gasteiger partial charge in [-0.25, -0.2) is 4.79 Å². The molecule has 3 rings (SSSR count). The first-order valence-corrected chi connectivity index (χ1v) is 11.6. The van der Waals surface area contributed by atoms with Gasteiger partial charge in [-0.05, 0) is 36.2 Å². The molecule has 0 saturated heterocycles. The molecule has 2 aromatic rings. The monoisotopic (exact) mass is 536 g/mol. The second-order valence-corrected chi connectivity index (χ2v) is 9.48. The Kier molecular flexibility index (Phi) is 8.06. The first kappa shape index (κ1) is 27.2. The summed E-state index contributed by atoms with van der Waals surface area (Å²) in [6.07, 6.45) is -7.84. The maximum absolute atomic E-state index is 13.3. The Morgan fingerprint density at radius 2 is 1.75 bits per heavy atom. The Bertz CT molecular complexity index is 1140. The van der Waals surface area contributed by atoms with Gasteiger partial charge in [-0.15, -0.1) is 13.2 Å². The van der Waals surface area contributed by atoms with Crippen LogP contribution in [0.1, 0.15) is 18.9 Å². The molecule has 0 radical (unpaired) electrons. The number of alkyl halides is 6. The standard InChI is InChI=1S/C22H19F6N3O4S/c1-3-15-11-29-31(12-13-4-6-14(7-5-13)30-19(32)21(23,24)25)20(33)36(15)16-8-9-17(18(10-16)34-2)35-22(26,27)28/h4-11,15H,3,12H2,1-2H3/p+1. The average molecular weight is 536 g/mol. The number of hydrazone groups is 1. The second kappa shape index (κ2) is 10.7. The summed E-state index contributed by atoms with van der Waals surface area (Å²) in [5.41, 5.74) is 0.448. The van der Waals surface area contributed by atoms with Crippen molar-refractivity contribution in [3.05, 3.63) is 48.0 Å². The number of carbonyl (C=O) groups excluding carboxylic acids is 2. The van der Waals surface area contributed by atoms with Crippen molar-refractivity contribution >= 4 is 33.9 Å². The molecule has 1 heterocycles. The van der Waals surface area contributed by atoms with Crippen molar-refractivity contribution in [3.63, 3.8) is 0 Å². The average Bonchev–Trinajstić information content (AvgIpc) is 2.80. The van der Waals surface area contributed by atoms with Gasteiger partial charge in [0.25, 0.3) is 0 Å². The minimum absolute atomic E-state index is 0.0187. The molecule has 2 aromatic carbocycles. The maximum Gasteiger partial charge on any atom is 0.573 e. The van der Waals surface area contributed by atoms with Crippen molar-refractivity contribution in [1.29, 1.82) is 0 Å². The van der Waals surface area contributed by atoms with Gasteiger partial charge in [-0.2, -0.15) is 23.3 Å². The summed E-state index contributed by atoms with van der Waals surface area (Å²) in [5.74, 6) is -2.84. The summed E-state index contributed by atoms with van der Waals surface area (Å²) in [5, 5.41) is 6.38. The van der Waals surface area contributed by atoms with Crippen LogP contribution in [0.25, 0.3) is 0 Å². The first-order valence-electron chi connectivity index (χ1n) is 10.3. The van der Waals surface area contributed by atoms with Crippen LogP contribution in [0.3, 0.4) is 0 Å². The molecular weight excluding hydrogens is 516 g/mol. The second-order valence-electron chi connectivity index (χ2n) is 7.38. The van der Waals surface area contributed by atoms with Crippen LogP contribution in [0.4, 0.5) is 36.8 Å². The molecule has 0 bridgehead atoms. The van der Waals surface area contributed by atoms with E-state index in [4.69, 9.17) is 4.74 Å². The van der Waals surface area contributed by atoms with E-state index < -0.39 is 40.3 Å². The molecule has 194 valence electrons. The maximum atomic E-state index is 13.3. The molecule has 1 aliphatic heterocycles. The van der Waals surface area contributed by atoms with Crippen molar-refractivity contribution in [3.8, 4) is 11.5 Å². The predicted octanol–water partition coefficient (Wildman–Crippen LogP) is 5.47. The van der Waals surface area contributed by atoms with Crippen LogP contribution in [0.2, 0.25) is 0 Å². The molecule has 1 N–H and O–H groups in total. The minimum Gasteiger partial charge on any atom is -0.493 e. The predicted molar refractivity (Wildman–Crippen MR) is 120 cm³/mol. The summed E-state index contributed by atoms with van der Waals surface area (Å²) >= 11 is 0. The molecule has 0 fully saturated rings. The van der Waals surface area contributed by atoms with Crippen molar-refractivity contribution in [2.75, 3.05) is 12.4 Å². The van der Waals surface area contributed by atoms with Crippen molar-refractivity contribution in [2.24, 2.45) is 5.10 Å². The van der Waals surface area contributed by atoms with Gasteiger partial charge in [-0.3, -0.25) is 4.79 Å². The Labute approximate surface area is 204 Å². The number of hydrogen-bond donors (Lipinski definition) is 1. The third-order valence-electron chi connectivity index (χ3n) is 4.89. The molecule has 2 atom stereocenters. The van der Waals surface area contributed by atoms with Crippen LogP contribution in [0, 0.1) is 0 Å². The van der Waals surface area contributed by atoms with Gasteiger partial charge in [0, 0.05) is 11.8 Å². The zero-order valence-corrected chi connectivity index (χ0v) is 19.6. The van der Waals surface area contributed by atoms with E-state index in [1.165, 1.54) is 48.5 Å². The summed E-state index contributed by atoms with van der Waals surface area (Å²) in [6, 6.07) is 9.16. The summed E-state index contributed by atoms with van der Waals surface area (Å²) in [4.78, 5) is 24.8. The van der Waals surface area contributed by atoms with Gasteiger partial charge in [0.15, 0.2) is 21.6 Å². The van der Waals surface area contributed by atoms with Gasteiger partial charge in [0.05, 0.1) is 19.9 Å². The van der Waals surface area contributed by atoms with Crippen molar-refractivity contribution < 1.29 is 45.4 Å². The Balaban J connectivity index is 1.80. The van der Waals surface area contributed by atoms with E-state index in [1.54, 1.807) is 11.5 Å². The van der Waals surface area contributed by atoms with E-state index in [9.17, 15) is 35.9 Å². The normalized spacial score (nSPS) is 18.2. The van der Waals surface area contributed by atoms with Crippen LogP contribution < -0.4 is 14.8 Å². The third kappa shape index (κ3) is 6.62. The zero-order valence-electron chi connectivity index (χ0n) is 18.8.